The predicted molar refractivity (Wildman–Crippen MR) is 145 cm³/mol. The van der Waals surface area contributed by atoms with Gasteiger partial charge in [-0.2, -0.15) is 14.6 Å². The van der Waals surface area contributed by atoms with E-state index in [1.807, 2.05) is 6.92 Å². The molecule has 0 saturated carbocycles. The third kappa shape index (κ3) is 5.50. The molecule has 0 unspecified atom stereocenters. The smallest absolute Gasteiger partial charge is 0.296 e. The number of nitrogens with zero attached hydrogens (tertiary/aromatic N) is 4. The number of aromatic hydroxyl groups is 1. The Bertz CT molecular complexity index is 1760. The summed E-state index contributed by atoms with van der Waals surface area (Å²) in [4.78, 5) is 19.8. The standard InChI is InChI=1S/C29H27FN4O5S/c1-4-24(21-8-6-7-19(15-21)16-31)34-26(17-39-5-2)33-28(35)27(29(34)36)40(37,38)22-11-9-20(10-12-22)23-13-14-25(30)32-18(23)3/h6-15,24,36H,4-5,17H2,1-3H3/t24-/m0/s1. The molecule has 0 aliphatic heterocycles. The Hall–Kier alpha value is -4.40. The summed E-state index contributed by atoms with van der Waals surface area (Å²) < 4.78 is 47.6. The number of rotatable bonds is 9. The number of ether oxygens (including phenoxy) is 1. The Morgan fingerprint density at radius 2 is 1.82 bits per heavy atom. The van der Waals surface area contributed by atoms with Gasteiger partial charge in [0.1, 0.15) is 12.4 Å². The lowest BCUT2D eigenvalue weighted by molar-refractivity contribution is 0.121. The Kier molecular flexibility index (Phi) is 8.42. The van der Waals surface area contributed by atoms with E-state index in [0.29, 0.717) is 41.0 Å². The molecule has 0 spiro atoms. The van der Waals surface area contributed by atoms with E-state index in [-0.39, 0.29) is 17.3 Å². The first kappa shape index (κ1) is 28.6. The third-order valence-corrected chi connectivity index (χ3v) is 8.25. The summed E-state index contributed by atoms with van der Waals surface area (Å²) in [6.45, 7) is 5.36. The lowest BCUT2D eigenvalue weighted by Crippen LogP contribution is -2.28. The first-order valence-electron chi connectivity index (χ1n) is 12.5. The van der Waals surface area contributed by atoms with Gasteiger partial charge < -0.3 is 9.84 Å². The monoisotopic (exact) mass is 562 g/mol. The number of sulfone groups is 1. The molecule has 2 heterocycles. The minimum atomic E-state index is -4.53. The molecule has 0 saturated heterocycles. The second-order valence-corrected chi connectivity index (χ2v) is 10.8. The van der Waals surface area contributed by atoms with Crippen molar-refractivity contribution in [1.29, 1.82) is 5.26 Å². The molecular formula is C29H27FN4O5S. The maximum atomic E-state index is 13.7. The second-order valence-electron chi connectivity index (χ2n) is 8.95. The second kappa shape index (κ2) is 11.8. The van der Waals surface area contributed by atoms with E-state index in [1.165, 1.54) is 34.9 Å². The van der Waals surface area contributed by atoms with Gasteiger partial charge in [-0.05, 0) is 67.8 Å². The number of nitriles is 1. The van der Waals surface area contributed by atoms with Crippen LogP contribution in [0.4, 0.5) is 4.39 Å². The van der Waals surface area contributed by atoms with Crippen molar-refractivity contribution in [1.82, 2.24) is 14.5 Å². The highest BCUT2D eigenvalue weighted by Crippen LogP contribution is 2.34. The molecule has 0 amide bonds. The summed E-state index contributed by atoms with van der Waals surface area (Å²) in [6.07, 6.45) is 0.380. The van der Waals surface area contributed by atoms with Crippen LogP contribution in [-0.2, 0) is 21.2 Å². The van der Waals surface area contributed by atoms with Crippen LogP contribution in [0.3, 0.4) is 0 Å². The fraction of sp³-hybridized carbons (Fsp3) is 0.241. The van der Waals surface area contributed by atoms with Gasteiger partial charge in [0.2, 0.25) is 21.7 Å². The number of aromatic nitrogens is 3. The Labute approximate surface area is 231 Å². The van der Waals surface area contributed by atoms with Crippen molar-refractivity contribution in [3.05, 3.63) is 99.6 Å². The fourth-order valence-electron chi connectivity index (χ4n) is 4.56. The van der Waals surface area contributed by atoms with Gasteiger partial charge in [0.15, 0.2) is 4.90 Å². The topological polar surface area (TPSA) is 135 Å². The predicted octanol–water partition coefficient (Wildman–Crippen LogP) is 4.70. The lowest BCUT2D eigenvalue weighted by Gasteiger charge is -2.25. The molecule has 11 heteroatoms. The van der Waals surface area contributed by atoms with Crippen LogP contribution < -0.4 is 5.56 Å². The Balaban J connectivity index is 1.87. The number of halogens is 1. The van der Waals surface area contributed by atoms with Gasteiger partial charge in [-0.3, -0.25) is 9.36 Å². The van der Waals surface area contributed by atoms with Crippen molar-refractivity contribution in [2.45, 2.75) is 49.6 Å². The van der Waals surface area contributed by atoms with Gasteiger partial charge in [0.05, 0.1) is 22.6 Å². The van der Waals surface area contributed by atoms with Crippen molar-refractivity contribution in [2.24, 2.45) is 0 Å². The van der Waals surface area contributed by atoms with E-state index >= 15 is 0 Å². The summed E-state index contributed by atoms with van der Waals surface area (Å²) in [5.74, 6) is -1.35. The van der Waals surface area contributed by atoms with Crippen molar-refractivity contribution in [3.8, 4) is 23.1 Å². The Morgan fingerprint density at radius 3 is 2.45 bits per heavy atom. The quantitative estimate of drug-likeness (QED) is 0.290. The van der Waals surface area contributed by atoms with E-state index in [4.69, 9.17) is 4.74 Å². The van der Waals surface area contributed by atoms with Crippen molar-refractivity contribution >= 4 is 9.84 Å². The number of hydrogen-bond donors (Lipinski definition) is 1. The van der Waals surface area contributed by atoms with Crippen LogP contribution in [0.15, 0.2) is 75.2 Å². The highest BCUT2D eigenvalue weighted by molar-refractivity contribution is 7.91. The van der Waals surface area contributed by atoms with Gasteiger partial charge in [0.25, 0.3) is 5.56 Å². The van der Waals surface area contributed by atoms with Crippen LogP contribution in [0.25, 0.3) is 11.1 Å². The van der Waals surface area contributed by atoms with Crippen LogP contribution in [0, 0.1) is 24.2 Å². The molecule has 9 nitrogen and oxygen atoms in total. The molecule has 4 aromatic rings. The van der Waals surface area contributed by atoms with Crippen LogP contribution in [-0.4, -0.2) is 34.7 Å². The fourth-order valence-corrected chi connectivity index (χ4v) is 5.90. The van der Waals surface area contributed by atoms with E-state index in [1.54, 1.807) is 44.2 Å². The first-order valence-corrected chi connectivity index (χ1v) is 14.0. The average molecular weight is 563 g/mol. The van der Waals surface area contributed by atoms with Gasteiger partial charge >= 0.3 is 0 Å². The van der Waals surface area contributed by atoms with Crippen molar-refractivity contribution in [2.75, 3.05) is 6.61 Å². The minimum absolute atomic E-state index is 0.0483. The van der Waals surface area contributed by atoms with Crippen LogP contribution in [0.2, 0.25) is 0 Å². The molecule has 0 aliphatic rings. The zero-order chi connectivity index (χ0) is 29.0. The number of pyridine rings is 1. The molecule has 2 aromatic carbocycles. The first-order chi connectivity index (χ1) is 19.1. The van der Waals surface area contributed by atoms with E-state index in [0.717, 1.165) is 0 Å². The molecule has 0 radical (unpaired) electrons. The van der Waals surface area contributed by atoms with Gasteiger partial charge in [-0.15, -0.1) is 0 Å². The average Bonchev–Trinajstić information content (AvgIpc) is 2.93. The maximum Gasteiger partial charge on any atom is 0.296 e. The SMILES string of the molecule is CCOCc1nc(=O)c(S(=O)(=O)c2ccc(-c3ccc(F)nc3C)cc2)c(O)n1[C@@H](CC)c1cccc(C#N)c1. The molecule has 4 rings (SSSR count). The normalized spacial score (nSPS) is 12.2. The minimum Gasteiger partial charge on any atom is -0.493 e. The summed E-state index contributed by atoms with van der Waals surface area (Å²) in [5, 5.41) is 20.8. The number of aryl methyl sites for hydroxylation is 1. The van der Waals surface area contributed by atoms with Crippen molar-refractivity contribution in [3.63, 3.8) is 0 Å². The van der Waals surface area contributed by atoms with Gasteiger partial charge in [-0.25, -0.2) is 13.4 Å². The van der Waals surface area contributed by atoms with Crippen LogP contribution in [0.5, 0.6) is 5.88 Å². The lowest BCUT2D eigenvalue weighted by atomic mass is 10.0. The molecule has 0 bridgehead atoms. The summed E-state index contributed by atoms with van der Waals surface area (Å²) in [7, 11) is -4.53. The van der Waals surface area contributed by atoms with Gasteiger partial charge in [-0.1, -0.05) is 31.2 Å². The molecule has 1 N–H and O–H groups in total. The highest BCUT2D eigenvalue weighted by atomic mass is 32.2. The number of benzene rings is 2. The molecular weight excluding hydrogens is 535 g/mol. The van der Waals surface area contributed by atoms with Crippen molar-refractivity contribution < 1.29 is 22.7 Å². The van der Waals surface area contributed by atoms with E-state index in [9.17, 15) is 28.0 Å². The molecule has 1 atom stereocenters. The molecule has 0 aliphatic carbocycles. The van der Waals surface area contributed by atoms with Crippen LogP contribution >= 0.6 is 0 Å². The Morgan fingerprint density at radius 1 is 1.10 bits per heavy atom. The molecule has 0 fully saturated rings. The largest absolute Gasteiger partial charge is 0.493 e. The summed E-state index contributed by atoms with van der Waals surface area (Å²) in [6, 6.07) is 16.5. The summed E-state index contributed by atoms with van der Waals surface area (Å²) in [5.41, 5.74) is 1.52. The van der Waals surface area contributed by atoms with E-state index in [2.05, 4.69) is 16.0 Å². The number of hydrogen-bond acceptors (Lipinski definition) is 8. The zero-order valence-electron chi connectivity index (χ0n) is 22.1. The maximum absolute atomic E-state index is 13.7. The van der Waals surface area contributed by atoms with Gasteiger partial charge in [0, 0.05) is 17.9 Å². The van der Waals surface area contributed by atoms with E-state index < -0.39 is 38.2 Å². The highest BCUT2D eigenvalue weighted by Gasteiger charge is 2.32. The van der Waals surface area contributed by atoms with Crippen LogP contribution in [0.1, 0.15) is 49.0 Å². The zero-order valence-corrected chi connectivity index (χ0v) is 22.9. The molecule has 206 valence electrons. The molecule has 40 heavy (non-hydrogen) atoms. The molecule has 2 aromatic heterocycles. The summed E-state index contributed by atoms with van der Waals surface area (Å²) >= 11 is 0. The third-order valence-electron chi connectivity index (χ3n) is 6.46.